The summed E-state index contributed by atoms with van der Waals surface area (Å²) in [7, 11) is 1.54. The molecule has 0 atom stereocenters. The number of furan rings is 1. The molecule has 0 fully saturated rings. The largest absolute Gasteiger partial charge is 0.451 e. The first kappa shape index (κ1) is 16.9. The van der Waals surface area contributed by atoms with E-state index in [4.69, 9.17) is 13.9 Å². The smallest absolute Gasteiger partial charge is 0.375 e. The molecule has 5 nitrogen and oxygen atoms in total. The number of ketones is 1. The summed E-state index contributed by atoms with van der Waals surface area (Å²) in [5, 5.41) is 0.791. The topological polar surface area (TPSA) is 65.7 Å². The first-order valence-corrected chi connectivity index (χ1v) is 8.66. The fraction of sp³-hybridized carbons (Fsp3) is 0.176. The molecule has 0 aliphatic heterocycles. The van der Waals surface area contributed by atoms with Gasteiger partial charge in [-0.05, 0) is 34.1 Å². The van der Waals surface area contributed by atoms with Crippen molar-refractivity contribution in [2.45, 2.75) is 6.61 Å². The Morgan fingerprint density at radius 2 is 2.00 bits per heavy atom. The molecule has 124 valence electrons. The Kier molecular flexibility index (Phi) is 5.13. The number of carbonyl (C=O) groups excluding carboxylic acids is 2. The lowest BCUT2D eigenvalue weighted by Crippen LogP contribution is -2.14. The molecule has 24 heavy (non-hydrogen) atoms. The molecule has 0 unspecified atom stereocenters. The number of Topliss-reactive ketones (excluding diaryl/α,β-unsaturated/α-hetero) is 1. The Balaban J connectivity index is 1.78. The number of benzene rings is 1. The van der Waals surface area contributed by atoms with E-state index < -0.39 is 5.97 Å². The van der Waals surface area contributed by atoms with Crippen molar-refractivity contribution in [3.63, 3.8) is 0 Å². The van der Waals surface area contributed by atoms with Crippen molar-refractivity contribution in [3.05, 3.63) is 56.4 Å². The van der Waals surface area contributed by atoms with Crippen LogP contribution in [-0.4, -0.2) is 25.5 Å². The molecule has 0 N–H and O–H groups in total. The predicted octanol–water partition coefficient (Wildman–Crippen LogP) is 4.44. The molecule has 0 spiro atoms. The predicted molar refractivity (Wildman–Crippen MR) is 93.6 cm³/mol. The summed E-state index contributed by atoms with van der Waals surface area (Å²) >= 11 is 4.58. The SMILES string of the molecule is COCc1c(C(=O)OCC(=O)c2ccc(Br)s2)oc2ccccc12. The van der Waals surface area contributed by atoms with Gasteiger partial charge in [-0.3, -0.25) is 4.79 Å². The number of hydrogen-bond donors (Lipinski definition) is 0. The third kappa shape index (κ3) is 3.43. The summed E-state index contributed by atoms with van der Waals surface area (Å²) in [6.07, 6.45) is 0. The summed E-state index contributed by atoms with van der Waals surface area (Å²) in [5.41, 5.74) is 1.19. The highest BCUT2D eigenvalue weighted by molar-refractivity contribution is 9.11. The maximum atomic E-state index is 12.3. The fourth-order valence-electron chi connectivity index (χ4n) is 2.28. The van der Waals surface area contributed by atoms with E-state index in [1.807, 2.05) is 18.2 Å². The van der Waals surface area contributed by atoms with Gasteiger partial charge in [0.05, 0.1) is 15.3 Å². The molecule has 0 aliphatic rings. The quantitative estimate of drug-likeness (QED) is 0.445. The molecule has 0 radical (unpaired) electrons. The van der Waals surface area contributed by atoms with Crippen LogP contribution < -0.4 is 0 Å². The molecule has 0 amide bonds. The molecule has 7 heteroatoms. The summed E-state index contributed by atoms with van der Waals surface area (Å²) < 4.78 is 16.7. The van der Waals surface area contributed by atoms with Crippen molar-refractivity contribution < 1.29 is 23.5 Å². The Morgan fingerprint density at radius 1 is 1.21 bits per heavy atom. The van der Waals surface area contributed by atoms with Gasteiger partial charge >= 0.3 is 5.97 Å². The van der Waals surface area contributed by atoms with E-state index in [9.17, 15) is 9.59 Å². The molecule has 0 saturated heterocycles. The first-order chi connectivity index (χ1) is 11.6. The van der Waals surface area contributed by atoms with Crippen LogP contribution in [-0.2, 0) is 16.1 Å². The Morgan fingerprint density at radius 3 is 2.71 bits per heavy atom. The number of thiophene rings is 1. The van der Waals surface area contributed by atoms with Crippen LogP contribution >= 0.6 is 27.3 Å². The van der Waals surface area contributed by atoms with E-state index in [2.05, 4.69) is 15.9 Å². The molecule has 2 aromatic heterocycles. The highest BCUT2D eigenvalue weighted by atomic mass is 79.9. The first-order valence-electron chi connectivity index (χ1n) is 7.05. The summed E-state index contributed by atoms with van der Waals surface area (Å²) in [4.78, 5) is 24.9. The van der Waals surface area contributed by atoms with E-state index in [0.29, 0.717) is 16.0 Å². The standard InChI is InChI=1S/C17H13BrO5S/c1-21-8-11-10-4-2-3-5-13(10)23-16(11)17(20)22-9-12(19)14-6-7-15(18)24-14/h2-7H,8-9H2,1H3. The average molecular weight is 409 g/mol. The lowest BCUT2D eigenvalue weighted by atomic mass is 10.1. The molecular weight excluding hydrogens is 396 g/mol. The highest BCUT2D eigenvalue weighted by Crippen LogP contribution is 2.27. The van der Waals surface area contributed by atoms with Crippen LogP contribution in [0.3, 0.4) is 0 Å². The van der Waals surface area contributed by atoms with Crippen LogP contribution in [0.5, 0.6) is 0 Å². The number of para-hydroxylation sites is 1. The Bertz CT molecular complexity index is 895. The number of carbonyl (C=O) groups is 2. The van der Waals surface area contributed by atoms with Crippen LogP contribution in [0.15, 0.2) is 44.6 Å². The summed E-state index contributed by atoms with van der Waals surface area (Å²) in [6, 6.07) is 10.7. The zero-order valence-electron chi connectivity index (χ0n) is 12.7. The van der Waals surface area contributed by atoms with E-state index in [1.54, 1.807) is 18.2 Å². The second kappa shape index (κ2) is 7.29. The highest BCUT2D eigenvalue weighted by Gasteiger charge is 2.23. The molecule has 0 bridgehead atoms. The molecule has 0 saturated carbocycles. The van der Waals surface area contributed by atoms with Gasteiger partial charge in [0.2, 0.25) is 11.5 Å². The maximum Gasteiger partial charge on any atom is 0.375 e. The number of ether oxygens (including phenoxy) is 2. The second-order valence-corrected chi connectivity index (χ2v) is 7.40. The Labute approximate surface area is 150 Å². The normalized spacial score (nSPS) is 10.9. The average Bonchev–Trinajstić information content (AvgIpc) is 3.17. The van der Waals surface area contributed by atoms with Gasteiger partial charge in [-0.1, -0.05) is 18.2 Å². The number of rotatable bonds is 6. The third-order valence-corrected chi connectivity index (χ3v) is 5.02. The van der Waals surface area contributed by atoms with Crippen LogP contribution in [0.2, 0.25) is 0 Å². The van der Waals surface area contributed by atoms with Gasteiger partial charge in [-0.25, -0.2) is 4.79 Å². The van der Waals surface area contributed by atoms with Crippen LogP contribution in [0.1, 0.15) is 25.8 Å². The van der Waals surface area contributed by atoms with Crippen LogP contribution in [0.4, 0.5) is 0 Å². The van der Waals surface area contributed by atoms with Gasteiger partial charge < -0.3 is 13.9 Å². The van der Waals surface area contributed by atoms with Crippen molar-refractivity contribution in [1.82, 2.24) is 0 Å². The van der Waals surface area contributed by atoms with Gasteiger partial charge in [0.1, 0.15) is 5.58 Å². The minimum Gasteiger partial charge on any atom is -0.451 e. The van der Waals surface area contributed by atoms with Crippen LogP contribution in [0, 0.1) is 0 Å². The molecule has 1 aromatic carbocycles. The number of esters is 1. The monoisotopic (exact) mass is 408 g/mol. The molecule has 0 aliphatic carbocycles. The van der Waals surface area contributed by atoms with E-state index >= 15 is 0 Å². The minimum atomic E-state index is -0.678. The maximum absolute atomic E-state index is 12.3. The lowest BCUT2D eigenvalue weighted by Gasteiger charge is -2.03. The van der Waals surface area contributed by atoms with Crippen molar-refractivity contribution in [2.75, 3.05) is 13.7 Å². The number of fused-ring (bicyclic) bond motifs is 1. The lowest BCUT2D eigenvalue weighted by molar-refractivity contribution is 0.0442. The van der Waals surface area contributed by atoms with E-state index in [-0.39, 0.29) is 24.8 Å². The number of halogens is 1. The number of methoxy groups -OCH3 is 1. The van der Waals surface area contributed by atoms with E-state index in [0.717, 1.165) is 9.17 Å². The van der Waals surface area contributed by atoms with Crippen molar-refractivity contribution in [1.29, 1.82) is 0 Å². The van der Waals surface area contributed by atoms with Gasteiger partial charge in [0.25, 0.3) is 0 Å². The van der Waals surface area contributed by atoms with Crippen LogP contribution in [0.25, 0.3) is 11.0 Å². The summed E-state index contributed by atoms with van der Waals surface area (Å²) in [6.45, 7) is -0.123. The zero-order valence-corrected chi connectivity index (χ0v) is 15.1. The van der Waals surface area contributed by atoms with Gasteiger partial charge in [0.15, 0.2) is 6.61 Å². The molecule has 3 aromatic rings. The van der Waals surface area contributed by atoms with Gasteiger partial charge in [0, 0.05) is 18.1 Å². The zero-order chi connectivity index (χ0) is 17.1. The molecule has 2 heterocycles. The molecule has 3 rings (SSSR count). The van der Waals surface area contributed by atoms with E-state index in [1.165, 1.54) is 18.4 Å². The van der Waals surface area contributed by atoms with Gasteiger partial charge in [-0.15, -0.1) is 11.3 Å². The minimum absolute atomic E-state index is 0.0678. The molecular formula is C17H13BrO5S. The van der Waals surface area contributed by atoms with Crippen molar-refractivity contribution in [2.24, 2.45) is 0 Å². The van der Waals surface area contributed by atoms with Crippen molar-refractivity contribution in [3.8, 4) is 0 Å². The Hall–Kier alpha value is -1.96. The summed E-state index contributed by atoms with van der Waals surface area (Å²) in [5.74, 6) is -0.871. The second-order valence-electron chi connectivity index (χ2n) is 4.94. The third-order valence-electron chi connectivity index (χ3n) is 3.35. The van der Waals surface area contributed by atoms with Crippen molar-refractivity contribution >= 4 is 50.0 Å². The number of hydrogen-bond acceptors (Lipinski definition) is 6. The van der Waals surface area contributed by atoms with Gasteiger partial charge in [-0.2, -0.15) is 0 Å². The fourth-order valence-corrected chi connectivity index (χ4v) is 3.59.